The number of hydrogen-bond acceptors (Lipinski definition) is 1. The molecular formula is C12H16Br2O. The number of hydrogen-bond donors (Lipinski definition) is 0. The lowest BCUT2D eigenvalue weighted by molar-refractivity contribution is 0.284. The van der Waals surface area contributed by atoms with Gasteiger partial charge in [0.05, 0.1) is 6.61 Å². The van der Waals surface area contributed by atoms with Gasteiger partial charge >= 0.3 is 0 Å². The van der Waals surface area contributed by atoms with Crippen LogP contribution in [0.1, 0.15) is 20.3 Å². The molecule has 1 aromatic rings. The highest BCUT2D eigenvalue weighted by Gasteiger charge is 2.08. The van der Waals surface area contributed by atoms with Crippen LogP contribution < -0.4 is 4.74 Å². The second-order valence-corrected chi connectivity index (χ2v) is 6.11. The summed E-state index contributed by atoms with van der Waals surface area (Å²) in [5.41, 5.74) is 0. The first-order valence-corrected chi connectivity index (χ1v) is 6.83. The van der Waals surface area contributed by atoms with Crippen LogP contribution in [0.25, 0.3) is 0 Å². The van der Waals surface area contributed by atoms with Crippen molar-refractivity contribution in [1.82, 2.24) is 0 Å². The fraction of sp³-hybridized carbons (Fsp3) is 0.500. The van der Waals surface area contributed by atoms with E-state index in [-0.39, 0.29) is 0 Å². The lowest BCUT2D eigenvalue weighted by atomic mass is 10.1. The predicted octanol–water partition coefficient (Wildman–Crippen LogP) is 4.64. The van der Waals surface area contributed by atoms with Crippen LogP contribution in [0.3, 0.4) is 0 Å². The van der Waals surface area contributed by atoms with Crippen LogP contribution in [0, 0.1) is 5.92 Å². The van der Waals surface area contributed by atoms with Crippen molar-refractivity contribution < 1.29 is 4.74 Å². The van der Waals surface area contributed by atoms with Crippen molar-refractivity contribution in [2.75, 3.05) is 6.61 Å². The van der Waals surface area contributed by atoms with E-state index in [1.54, 1.807) is 0 Å². The topological polar surface area (TPSA) is 9.23 Å². The van der Waals surface area contributed by atoms with Crippen LogP contribution in [-0.2, 0) is 0 Å². The third-order valence-electron chi connectivity index (χ3n) is 2.42. The second kappa shape index (κ2) is 6.54. The Labute approximate surface area is 108 Å². The molecule has 1 nitrogen and oxygen atoms in total. The molecule has 0 saturated heterocycles. The molecule has 84 valence electrons. The van der Waals surface area contributed by atoms with E-state index >= 15 is 0 Å². The molecule has 0 fully saturated rings. The van der Waals surface area contributed by atoms with Crippen molar-refractivity contribution in [1.29, 1.82) is 0 Å². The van der Waals surface area contributed by atoms with E-state index in [2.05, 4.69) is 45.7 Å². The smallest absolute Gasteiger partial charge is 0.120 e. The van der Waals surface area contributed by atoms with E-state index in [1.165, 1.54) is 0 Å². The van der Waals surface area contributed by atoms with Crippen molar-refractivity contribution in [3.8, 4) is 5.75 Å². The minimum atomic E-state index is 0.545. The van der Waals surface area contributed by atoms with Crippen molar-refractivity contribution >= 4 is 31.9 Å². The first-order chi connectivity index (χ1) is 7.09. The third kappa shape index (κ3) is 5.03. The molecule has 0 N–H and O–H groups in total. The summed E-state index contributed by atoms with van der Waals surface area (Å²) in [5, 5.41) is 0. The molecule has 0 aromatic heterocycles. The summed E-state index contributed by atoms with van der Waals surface area (Å²) in [4.78, 5) is 0.545. The number of benzene rings is 1. The zero-order valence-corrected chi connectivity index (χ0v) is 12.2. The SMILES string of the molecule is CC(Br)C(C)CCOc1cccc(Br)c1. The van der Waals surface area contributed by atoms with E-state index in [9.17, 15) is 0 Å². The summed E-state index contributed by atoms with van der Waals surface area (Å²) in [6.07, 6.45) is 1.07. The zero-order valence-electron chi connectivity index (χ0n) is 9.04. The number of halogens is 2. The van der Waals surface area contributed by atoms with Crippen LogP contribution in [-0.4, -0.2) is 11.4 Å². The number of rotatable bonds is 5. The number of alkyl halides is 1. The molecule has 1 rings (SSSR count). The van der Waals surface area contributed by atoms with E-state index in [0.717, 1.165) is 23.2 Å². The lowest BCUT2D eigenvalue weighted by Crippen LogP contribution is -2.11. The molecule has 0 heterocycles. The molecule has 2 atom stereocenters. The summed E-state index contributed by atoms with van der Waals surface area (Å²) >= 11 is 6.99. The van der Waals surface area contributed by atoms with Crippen LogP contribution >= 0.6 is 31.9 Å². The van der Waals surface area contributed by atoms with Crippen LogP contribution in [0.4, 0.5) is 0 Å². The molecule has 3 heteroatoms. The monoisotopic (exact) mass is 334 g/mol. The van der Waals surface area contributed by atoms with Crippen molar-refractivity contribution in [3.05, 3.63) is 28.7 Å². The lowest BCUT2D eigenvalue weighted by Gasteiger charge is -2.14. The molecule has 1 aromatic carbocycles. The van der Waals surface area contributed by atoms with Crippen molar-refractivity contribution in [2.24, 2.45) is 5.92 Å². The highest BCUT2D eigenvalue weighted by molar-refractivity contribution is 9.10. The van der Waals surface area contributed by atoms with Gasteiger partial charge in [0, 0.05) is 9.30 Å². The van der Waals surface area contributed by atoms with E-state index < -0.39 is 0 Å². The van der Waals surface area contributed by atoms with Gasteiger partial charge < -0.3 is 4.74 Å². The standard InChI is InChI=1S/C12H16Br2O/c1-9(10(2)13)6-7-15-12-5-3-4-11(14)8-12/h3-5,8-10H,6-7H2,1-2H3. The van der Waals surface area contributed by atoms with Gasteiger partial charge in [0.25, 0.3) is 0 Å². The summed E-state index contributed by atoms with van der Waals surface area (Å²) in [6, 6.07) is 7.95. The van der Waals surface area contributed by atoms with Gasteiger partial charge in [-0.3, -0.25) is 0 Å². The van der Waals surface area contributed by atoms with Gasteiger partial charge in [-0.2, -0.15) is 0 Å². The number of ether oxygens (including phenoxy) is 1. The van der Waals surface area contributed by atoms with E-state index in [4.69, 9.17) is 4.74 Å². The Morgan fingerprint density at radius 3 is 2.67 bits per heavy atom. The maximum Gasteiger partial charge on any atom is 0.120 e. The molecule has 0 amide bonds. The molecule has 0 aliphatic heterocycles. The van der Waals surface area contributed by atoms with Crippen molar-refractivity contribution in [3.63, 3.8) is 0 Å². The van der Waals surface area contributed by atoms with Gasteiger partial charge in [0.15, 0.2) is 0 Å². The fourth-order valence-corrected chi connectivity index (χ4v) is 1.79. The van der Waals surface area contributed by atoms with Gasteiger partial charge in [-0.1, -0.05) is 51.8 Å². The normalized spacial score (nSPS) is 14.7. The molecular weight excluding hydrogens is 320 g/mol. The summed E-state index contributed by atoms with van der Waals surface area (Å²) in [5.74, 6) is 1.57. The molecule has 0 aliphatic carbocycles. The molecule has 2 unspecified atom stereocenters. The largest absolute Gasteiger partial charge is 0.494 e. The Hall–Kier alpha value is -0.0200. The van der Waals surface area contributed by atoms with Gasteiger partial charge in [-0.25, -0.2) is 0 Å². The Morgan fingerprint density at radius 2 is 2.07 bits per heavy atom. The maximum atomic E-state index is 5.66. The zero-order chi connectivity index (χ0) is 11.3. The maximum absolute atomic E-state index is 5.66. The average molecular weight is 336 g/mol. The Bertz CT molecular complexity index is 299. The Balaban J connectivity index is 2.32. The van der Waals surface area contributed by atoms with Crippen molar-refractivity contribution in [2.45, 2.75) is 25.1 Å². The van der Waals surface area contributed by atoms with Crippen LogP contribution in [0.5, 0.6) is 5.75 Å². The van der Waals surface area contributed by atoms with Gasteiger partial charge in [-0.05, 0) is 30.5 Å². The van der Waals surface area contributed by atoms with Gasteiger partial charge in [0.1, 0.15) is 5.75 Å². The molecule has 0 saturated carbocycles. The highest BCUT2D eigenvalue weighted by Crippen LogP contribution is 2.19. The quantitative estimate of drug-likeness (QED) is 0.712. The minimum Gasteiger partial charge on any atom is -0.494 e. The van der Waals surface area contributed by atoms with Gasteiger partial charge in [0.2, 0.25) is 0 Å². The molecule has 0 bridgehead atoms. The fourth-order valence-electron chi connectivity index (χ4n) is 1.15. The van der Waals surface area contributed by atoms with Gasteiger partial charge in [-0.15, -0.1) is 0 Å². The second-order valence-electron chi connectivity index (χ2n) is 3.75. The first kappa shape index (κ1) is 13.0. The third-order valence-corrected chi connectivity index (χ3v) is 3.82. The summed E-state index contributed by atoms with van der Waals surface area (Å²) in [7, 11) is 0. The van der Waals surface area contributed by atoms with Crippen LogP contribution in [0.2, 0.25) is 0 Å². The highest BCUT2D eigenvalue weighted by atomic mass is 79.9. The minimum absolute atomic E-state index is 0.545. The average Bonchev–Trinajstić information content (AvgIpc) is 2.17. The Morgan fingerprint density at radius 1 is 1.33 bits per heavy atom. The molecule has 0 aliphatic rings. The molecule has 0 spiro atoms. The molecule has 0 radical (unpaired) electrons. The summed E-state index contributed by atoms with van der Waals surface area (Å²) < 4.78 is 6.71. The first-order valence-electron chi connectivity index (χ1n) is 5.12. The Kier molecular flexibility index (Phi) is 5.69. The predicted molar refractivity (Wildman–Crippen MR) is 71.8 cm³/mol. The van der Waals surface area contributed by atoms with Crippen LogP contribution in [0.15, 0.2) is 28.7 Å². The molecule has 15 heavy (non-hydrogen) atoms. The van der Waals surface area contributed by atoms with E-state index in [0.29, 0.717) is 10.7 Å². The van der Waals surface area contributed by atoms with E-state index in [1.807, 2.05) is 24.3 Å². The summed E-state index contributed by atoms with van der Waals surface area (Å²) in [6.45, 7) is 5.17.